The molecule has 0 aliphatic carbocycles. The highest BCUT2D eigenvalue weighted by atomic mass is 16.5. The summed E-state index contributed by atoms with van der Waals surface area (Å²) in [5.41, 5.74) is 1.65. The number of benzene rings is 1. The first-order valence-corrected chi connectivity index (χ1v) is 8.31. The first-order valence-electron chi connectivity index (χ1n) is 8.31. The number of nitrogens with one attached hydrogen (secondary N) is 1. The molecule has 1 aliphatic heterocycles. The molecule has 128 valence electrons. The van der Waals surface area contributed by atoms with Gasteiger partial charge in [0.05, 0.1) is 11.8 Å². The van der Waals surface area contributed by atoms with E-state index in [0.717, 1.165) is 50.2 Å². The quantitative estimate of drug-likeness (QED) is 0.884. The highest BCUT2D eigenvalue weighted by Crippen LogP contribution is 2.17. The lowest BCUT2D eigenvalue weighted by atomic mass is 10.1. The van der Waals surface area contributed by atoms with Gasteiger partial charge in [-0.2, -0.15) is 0 Å². The summed E-state index contributed by atoms with van der Waals surface area (Å²) in [5.74, 6) is 0. The van der Waals surface area contributed by atoms with Crippen molar-refractivity contribution in [3.05, 3.63) is 36.9 Å². The fourth-order valence-corrected chi connectivity index (χ4v) is 2.83. The molecule has 1 fully saturated rings. The molecule has 0 unspecified atom stereocenters. The maximum absolute atomic E-state index is 12.3. The summed E-state index contributed by atoms with van der Waals surface area (Å²) in [5, 5.41) is 10.5. The van der Waals surface area contributed by atoms with Gasteiger partial charge in [-0.3, -0.25) is 4.57 Å². The van der Waals surface area contributed by atoms with Crippen LogP contribution in [0, 0.1) is 0 Å². The van der Waals surface area contributed by atoms with Crippen LogP contribution in [0.3, 0.4) is 0 Å². The summed E-state index contributed by atoms with van der Waals surface area (Å²) in [7, 11) is 1.81. The van der Waals surface area contributed by atoms with Crippen LogP contribution >= 0.6 is 0 Å². The Kier molecular flexibility index (Phi) is 5.43. The third kappa shape index (κ3) is 4.32. The van der Waals surface area contributed by atoms with Gasteiger partial charge in [0, 0.05) is 25.9 Å². The van der Waals surface area contributed by atoms with Crippen LogP contribution in [0.5, 0.6) is 0 Å². The second-order valence-electron chi connectivity index (χ2n) is 6.05. The fraction of sp³-hybridized carbons (Fsp3) is 0.471. The molecule has 0 radical (unpaired) electrons. The van der Waals surface area contributed by atoms with Gasteiger partial charge >= 0.3 is 6.03 Å². The van der Waals surface area contributed by atoms with Crippen molar-refractivity contribution in [1.82, 2.24) is 19.7 Å². The van der Waals surface area contributed by atoms with Gasteiger partial charge in [0.15, 0.2) is 0 Å². The average Bonchev–Trinajstić information content (AvgIpc) is 3.29. The largest absolute Gasteiger partial charge is 0.378 e. The van der Waals surface area contributed by atoms with E-state index >= 15 is 0 Å². The first-order chi connectivity index (χ1) is 11.7. The van der Waals surface area contributed by atoms with Crippen LogP contribution in [-0.2, 0) is 4.74 Å². The number of carbonyl (C=O) groups is 1. The Labute approximate surface area is 141 Å². The highest BCUT2D eigenvalue weighted by molar-refractivity contribution is 5.89. The molecule has 2 heterocycles. The van der Waals surface area contributed by atoms with Gasteiger partial charge in [0.25, 0.3) is 0 Å². The number of nitrogens with zero attached hydrogens (tertiary/aromatic N) is 4. The summed E-state index contributed by atoms with van der Waals surface area (Å²) in [6.07, 6.45) is 7.89. The Balaban J connectivity index is 1.49. The SMILES string of the molecule is CN(CCC[C@@H]1CCCO1)C(=O)Nc1cccc(-n2cnnc2)c1. The Bertz CT molecular complexity index is 653. The Morgan fingerprint density at radius 3 is 3.00 bits per heavy atom. The van der Waals surface area contributed by atoms with E-state index in [-0.39, 0.29) is 6.03 Å². The third-order valence-electron chi connectivity index (χ3n) is 4.20. The van der Waals surface area contributed by atoms with E-state index in [1.54, 1.807) is 22.1 Å². The molecule has 2 amide bonds. The molecule has 1 aromatic carbocycles. The van der Waals surface area contributed by atoms with Crippen molar-refractivity contribution >= 4 is 11.7 Å². The van der Waals surface area contributed by atoms with Gasteiger partial charge in [-0.15, -0.1) is 10.2 Å². The number of ether oxygens (including phenoxy) is 1. The van der Waals surface area contributed by atoms with E-state index in [1.807, 2.05) is 31.3 Å². The molecule has 1 atom stereocenters. The van der Waals surface area contributed by atoms with E-state index in [1.165, 1.54) is 0 Å². The van der Waals surface area contributed by atoms with Gasteiger partial charge in [-0.1, -0.05) is 6.07 Å². The smallest absolute Gasteiger partial charge is 0.321 e. The summed E-state index contributed by atoms with van der Waals surface area (Å²) in [4.78, 5) is 14.0. The number of aromatic nitrogens is 3. The Morgan fingerprint density at radius 1 is 1.42 bits per heavy atom. The molecular formula is C17H23N5O2. The zero-order valence-corrected chi connectivity index (χ0v) is 13.9. The summed E-state index contributed by atoms with van der Waals surface area (Å²) in [6, 6.07) is 7.48. The zero-order chi connectivity index (χ0) is 16.8. The second-order valence-corrected chi connectivity index (χ2v) is 6.05. The third-order valence-corrected chi connectivity index (χ3v) is 4.20. The van der Waals surface area contributed by atoms with Crippen LogP contribution in [0.15, 0.2) is 36.9 Å². The number of anilines is 1. The highest BCUT2D eigenvalue weighted by Gasteiger charge is 2.16. The number of amides is 2. The Morgan fingerprint density at radius 2 is 2.25 bits per heavy atom. The minimum absolute atomic E-state index is 0.108. The van der Waals surface area contributed by atoms with Crippen LogP contribution in [0.2, 0.25) is 0 Å². The molecule has 3 rings (SSSR count). The molecule has 1 aliphatic rings. The van der Waals surface area contributed by atoms with E-state index in [2.05, 4.69) is 15.5 Å². The topological polar surface area (TPSA) is 72.3 Å². The predicted octanol–water partition coefficient (Wildman–Crippen LogP) is 2.69. The van der Waals surface area contributed by atoms with Crippen LogP contribution in [-0.4, -0.2) is 52.0 Å². The van der Waals surface area contributed by atoms with Crippen molar-refractivity contribution < 1.29 is 9.53 Å². The van der Waals surface area contributed by atoms with E-state index in [0.29, 0.717) is 6.10 Å². The molecule has 0 saturated carbocycles. The molecule has 0 spiro atoms. The lowest BCUT2D eigenvalue weighted by Gasteiger charge is -2.19. The zero-order valence-electron chi connectivity index (χ0n) is 13.9. The monoisotopic (exact) mass is 329 g/mol. The van der Waals surface area contributed by atoms with Gasteiger partial charge in [-0.05, 0) is 43.9 Å². The molecule has 1 saturated heterocycles. The van der Waals surface area contributed by atoms with Crippen molar-refractivity contribution in [2.24, 2.45) is 0 Å². The standard InChI is InChI=1S/C17H23N5O2/c1-21(9-3-7-16-8-4-10-24-16)17(23)20-14-5-2-6-15(11-14)22-12-18-19-13-22/h2,5-6,11-13,16H,3-4,7-10H2,1H3,(H,20,23)/t16-/m1/s1. The molecule has 1 N–H and O–H groups in total. The van der Waals surface area contributed by atoms with Gasteiger partial charge in [-0.25, -0.2) is 4.79 Å². The number of hydrogen-bond donors (Lipinski definition) is 1. The Hall–Kier alpha value is -2.41. The second kappa shape index (κ2) is 7.92. The number of urea groups is 1. The molecule has 0 bridgehead atoms. The van der Waals surface area contributed by atoms with Crippen LogP contribution < -0.4 is 5.32 Å². The molecule has 2 aromatic rings. The lowest BCUT2D eigenvalue weighted by molar-refractivity contribution is 0.101. The van der Waals surface area contributed by atoms with Crippen molar-refractivity contribution in [2.45, 2.75) is 31.8 Å². The average molecular weight is 329 g/mol. The maximum Gasteiger partial charge on any atom is 0.321 e. The van der Waals surface area contributed by atoms with E-state index in [9.17, 15) is 4.79 Å². The van der Waals surface area contributed by atoms with E-state index in [4.69, 9.17) is 4.74 Å². The summed E-state index contributed by atoms with van der Waals surface area (Å²) < 4.78 is 7.40. The first kappa shape index (κ1) is 16.4. The number of rotatable bonds is 6. The van der Waals surface area contributed by atoms with Gasteiger partial charge < -0.3 is 15.0 Å². The number of hydrogen-bond acceptors (Lipinski definition) is 4. The lowest BCUT2D eigenvalue weighted by Crippen LogP contribution is -2.32. The molecule has 24 heavy (non-hydrogen) atoms. The minimum atomic E-state index is -0.108. The normalized spacial score (nSPS) is 17.0. The van der Waals surface area contributed by atoms with E-state index < -0.39 is 0 Å². The minimum Gasteiger partial charge on any atom is -0.378 e. The summed E-state index contributed by atoms with van der Waals surface area (Å²) in [6.45, 7) is 1.60. The molecular weight excluding hydrogens is 306 g/mol. The van der Waals surface area contributed by atoms with Crippen LogP contribution in [0.4, 0.5) is 10.5 Å². The van der Waals surface area contributed by atoms with Crippen LogP contribution in [0.25, 0.3) is 5.69 Å². The maximum atomic E-state index is 12.3. The summed E-state index contributed by atoms with van der Waals surface area (Å²) >= 11 is 0. The predicted molar refractivity (Wildman–Crippen MR) is 91.2 cm³/mol. The van der Waals surface area contributed by atoms with Crippen molar-refractivity contribution in [2.75, 3.05) is 25.5 Å². The van der Waals surface area contributed by atoms with Gasteiger partial charge in [0.2, 0.25) is 0 Å². The van der Waals surface area contributed by atoms with Crippen molar-refractivity contribution in [1.29, 1.82) is 0 Å². The molecule has 7 heteroatoms. The molecule has 7 nitrogen and oxygen atoms in total. The van der Waals surface area contributed by atoms with Crippen LogP contribution in [0.1, 0.15) is 25.7 Å². The van der Waals surface area contributed by atoms with Gasteiger partial charge in [0.1, 0.15) is 12.7 Å². The van der Waals surface area contributed by atoms with Crippen molar-refractivity contribution in [3.8, 4) is 5.69 Å². The molecule has 1 aromatic heterocycles. The fourth-order valence-electron chi connectivity index (χ4n) is 2.83. The number of carbonyl (C=O) groups excluding carboxylic acids is 1. The van der Waals surface area contributed by atoms with Crippen molar-refractivity contribution in [3.63, 3.8) is 0 Å².